The Bertz CT molecular complexity index is 392. The topological polar surface area (TPSA) is 30.5 Å². The third-order valence-electron chi connectivity index (χ3n) is 3.57. The summed E-state index contributed by atoms with van der Waals surface area (Å²) in [6, 6.07) is 6.74. The van der Waals surface area contributed by atoms with Crippen LogP contribution in [0, 0.1) is 0 Å². The molecule has 0 saturated carbocycles. The van der Waals surface area contributed by atoms with Gasteiger partial charge in [-0.3, -0.25) is 0 Å². The van der Waals surface area contributed by atoms with E-state index in [1.807, 2.05) is 6.07 Å². The Morgan fingerprint density at radius 2 is 2.38 bits per heavy atom. The van der Waals surface area contributed by atoms with Crippen molar-refractivity contribution in [1.29, 1.82) is 0 Å². The maximum Gasteiger partial charge on any atom is 0.122 e. The largest absolute Gasteiger partial charge is 0.496 e. The molecule has 16 heavy (non-hydrogen) atoms. The number of nitrogens with one attached hydrogen (secondary N) is 1. The van der Waals surface area contributed by atoms with E-state index in [4.69, 9.17) is 9.47 Å². The van der Waals surface area contributed by atoms with E-state index in [0.29, 0.717) is 6.04 Å². The van der Waals surface area contributed by atoms with Crippen LogP contribution < -0.4 is 10.1 Å². The number of methoxy groups -OCH3 is 1. The van der Waals surface area contributed by atoms with Crippen LogP contribution in [0.3, 0.4) is 0 Å². The minimum atomic E-state index is 0.215. The molecule has 3 nitrogen and oxygen atoms in total. The van der Waals surface area contributed by atoms with Crippen molar-refractivity contribution in [2.24, 2.45) is 0 Å². The first-order chi connectivity index (χ1) is 7.90. The number of rotatable bonds is 1. The van der Waals surface area contributed by atoms with Gasteiger partial charge in [-0.15, -0.1) is 0 Å². The van der Waals surface area contributed by atoms with E-state index in [-0.39, 0.29) is 6.10 Å². The molecule has 0 spiro atoms. The van der Waals surface area contributed by atoms with Gasteiger partial charge < -0.3 is 14.8 Å². The van der Waals surface area contributed by atoms with Crippen molar-refractivity contribution >= 4 is 0 Å². The Hall–Kier alpha value is -1.06. The molecule has 1 aliphatic carbocycles. The fourth-order valence-electron chi connectivity index (χ4n) is 2.82. The number of morpholine rings is 1. The predicted molar refractivity (Wildman–Crippen MR) is 61.8 cm³/mol. The van der Waals surface area contributed by atoms with E-state index in [2.05, 4.69) is 17.4 Å². The zero-order valence-corrected chi connectivity index (χ0v) is 9.53. The summed E-state index contributed by atoms with van der Waals surface area (Å²) in [6.07, 6.45) is 2.43. The molecular formula is C13H17NO2. The standard InChI is InChI=1S/C13H17NO2/c1-15-12-4-2-3-10-9(12)5-6-11-13(10)16-8-7-14-11/h2-4,11,13-14H,5-8H2,1H3. The first-order valence-electron chi connectivity index (χ1n) is 5.91. The first-order valence-corrected chi connectivity index (χ1v) is 5.91. The smallest absolute Gasteiger partial charge is 0.122 e. The molecule has 2 atom stereocenters. The van der Waals surface area contributed by atoms with Gasteiger partial charge in [-0.2, -0.15) is 0 Å². The summed E-state index contributed by atoms with van der Waals surface area (Å²) in [4.78, 5) is 0. The highest BCUT2D eigenvalue weighted by atomic mass is 16.5. The molecule has 1 heterocycles. The maximum absolute atomic E-state index is 5.89. The molecule has 2 unspecified atom stereocenters. The van der Waals surface area contributed by atoms with Gasteiger partial charge in [-0.05, 0) is 24.5 Å². The zero-order valence-electron chi connectivity index (χ0n) is 9.53. The second-order valence-corrected chi connectivity index (χ2v) is 4.42. The van der Waals surface area contributed by atoms with E-state index < -0.39 is 0 Å². The highest BCUT2D eigenvalue weighted by Gasteiger charge is 2.33. The van der Waals surface area contributed by atoms with Gasteiger partial charge in [-0.1, -0.05) is 12.1 Å². The lowest BCUT2D eigenvalue weighted by Gasteiger charge is -2.38. The van der Waals surface area contributed by atoms with Crippen LogP contribution in [0.2, 0.25) is 0 Å². The Morgan fingerprint density at radius 3 is 3.25 bits per heavy atom. The Kier molecular flexibility index (Phi) is 2.58. The van der Waals surface area contributed by atoms with Crippen molar-refractivity contribution in [3.8, 4) is 5.75 Å². The average molecular weight is 219 g/mol. The first kappa shape index (κ1) is 10.1. The molecule has 0 amide bonds. The number of fused-ring (bicyclic) bond motifs is 3. The van der Waals surface area contributed by atoms with Crippen molar-refractivity contribution in [1.82, 2.24) is 5.32 Å². The summed E-state index contributed by atoms with van der Waals surface area (Å²) in [5.74, 6) is 1.00. The fourth-order valence-corrected chi connectivity index (χ4v) is 2.82. The highest BCUT2D eigenvalue weighted by Crippen LogP contribution is 2.38. The molecule has 0 aromatic heterocycles. The maximum atomic E-state index is 5.89. The summed E-state index contributed by atoms with van der Waals surface area (Å²) in [5.41, 5.74) is 2.64. The Labute approximate surface area is 95.8 Å². The highest BCUT2D eigenvalue weighted by molar-refractivity contribution is 5.44. The summed E-state index contributed by atoms with van der Waals surface area (Å²) in [7, 11) is 1.74. The van der Waals surface area contributed by atoms with Gasteiger partial charge in [0.2, 0.25) is 0 Å². The number of hydrogen-bond donors (Lipinski definition) is 1. The van der Waals surface area contributed by atoms with Crippen LogP contribution in [0.4, 0.5) is 0 Å². The molecule has 1 fully saturated rings. The quantitative estimate of drug-likeness (QED) is 0.779. The molecule has 1 aromatic carbocycles. The van der Waals surface area contributed by atoms with E-state index >= 15 is 0 Å². The molecule has 2 aliphatic rings. The molecular weight excluding hydrogens is 202 g/mol. The van der Waals surface area contributed by atoms with E-state index in [0.717, 1.165) is 31.7 Å². The van der Waals surface area contributed by atoms with Gasteiger partial charge in [0.15, 0.2) is 0 Å². The van der Waals surface area contributed by atoms with E-state index in [1.165, 1.54) is 11.1 Å². The lowest BCUT2D eigenvalue weighted by molar-refractivity contribution is -0.0129. The van der Waals surface area contributed by atoms with Crippen LogP contribution in [0.15, 0.2) is 18.2 Å². The SMILES string of the molecule is COc1cccc2c1CCC1NCCOC21. The lowest BCUT2D eigenvalue weighted by Crippen LogP contribution is -2.45. The van der Waals surface area contributed by atoms with Crippen molar-refractivity contribution < 1.29 is 9.47 Å². The van der Waals surface area contributed by atoms with Crippen molar-refractivity contribution in [2.45, 2.75) is 25.0 Å². The molecule has 1 N–H and O–H groups in total. The third kappa shape index (κ3) is 1.51. The van der Waals surface area contributed by atoms with E-state index in [9.17, 15) is 0 Å². The minimum Gasteiger partial charge on any atom is -0.496 e. The summed E-state index contributed by atoms with van der Waals surface area (Å²) in [5, 5.41) is 3.53. The number of benzene rings is 1. The Balaban J connectivity index is 2.01. The average Bonchev–Trinajstić information content (AvgIpc) is 2.37. The van der Waals surface area contributed by atoms with Crippen molar-refractivity contribution in [2.75, 3.05) is 20.3 Å². The second-order valence-electron chi connectivity index (χ2n) is 4.42. The van der Waals surface area contributed by atoms with Gasteiger partial charge in [0.1, 0.15) is 5.75 Å². The van der Waals surface area contributed by atoms with Crippen molar-refractivity contribution in [3.63, 3.8) is 0 Å². The molecule has 3 heteroatoms. The molecule has 0 bridgehead atoms. The van der Waals surface area contributed by atoms with Crippen LogP contribution in [-0.4, -0.2) is 26.3 Å². The van der Waals surface area contributed by atoms with Crippen LogP contribution in [0.5, 0.6) is 5.75 Å². The summed E-state index contributed by atoms with van der Waals surface area (Å²) >= 11 is 0. The molecule has 1 saturated heterocycles. The molecule has 1 aromatic rings. The Morgan fingerprint density at radius 1 is 1.44 bits per heavy atom. The normalized spacial score (nSPS) is 28.1. The van der Waals surface area contributed by atoms with Crippen molar-refractivity contribution in [3.05, 3.63) is 29.3 Å². The molecule has 86 valence electrons. The van der Waals surface area contributed by atoms with Gasteiger partial charge in [0.25, 0.3) is 0 Å². The fraction of sp³-hybridized carbons (Fsp3) is 0.538. The molecule has 1 aliphatic heterocycles. The van der Waals surface area contributed by atoms with Gasteiger partial charge in [-0.25, -0.2) is 0 Å². The lowest BCUT2D eigenvalue weighted by atomic mass is 9.84. The minimum absolute atomic E-state index is 0.215. The zero-order chi connectivity index (χ0) is 11.0. The van der Waals surface area contributed by atoms with Crippen LogP contribution in [-0.2, 0) is 11.2 Å². The van der Waals surface area contributed by atoms with Gasteiger partial charge in [0.05, 0.1) is 19.8 Å². The molecule has 3 rings (SSSR count). The van der Waals surface area contributed by atoms with Crippen LogP contribution in [0.1, 0.15) is 23.7 Å². The summed E-state index contributed by atoms with van der Waals surface area (Å²) in [6.45, 7) is 1.78. The van der Waals surface area contributed by atoms with E-state index in [1.54, 1.807) is 7.11 Å². The second kappa shape index (κ2) is 4.07. The molecule has 0 radical (unpaired) electrons. The predicted octanol–water partition coefficient (Wildman–Crippen LogP) is 1.67. The monoisotopic (exact) mass is 219 g/mol. The summed E-state index contributed by atoms with van der Waals surface area (Å²) < 4.78 is 11.3. The van der Waals surface area contributed by atoms with Crippen LogP contribution in [0.25, 0.3) is 0 Å². The van der Waals surface area contributed by atoms with Gasteiger partial charge >= 0.3 is 0 Å². The van der Waals surface area contributed by atoms with Gasteiger partial charge in [0, 0.05) is 18.2 Å². The van der Waals surface area contributed by atoms with Crippen LogP contribution >= 0.6 is 0 Å². The number of ether oxygens (including phenoxy) is 2. The number of hydrogen-bond acceptors (Lipinski definition) is 3. The third-order valence-corrected chi connectivity index (χ3v) is 3.57.